The van der Waals surface area contributed by atoms with E-state index in [-0.39, 0.29) is 11.3 Å². The minimum atomic E-state index is -0.700. The Morgan fingerprint density at radius 3 is 1.93 bits per heavy atom. The molecule has 0 amide bonds. The largest absolute Gasteiger partial charge is 0.203 e. The smallest absolute Gasteiger partial charge is 0.162 e. The SMILES string of the molecule is CC(C)c1ccc(C(C)(C)C)c(F)c1F. The number of halogens is 2. The fourth-order valence-corrected chi connectivity index (χ4v) is 1.59. The molecule has 0 spiro atoms. The van der Waals surface area contributed by atoms with Crippen LogP contribution in [0.1, 0.15) is 51.7 Å². The third-order valence-corrected chi connectivity index (χ3v) is 2.54. The van der Waals surface area contributed by atoms with Gasteiger partial charge in [-0.25, -0.2) is 8.78 Å². The Labute approximate surface area is 90.3 Å². The molecule has 1 aromatic carbocycles. The molecule has 0 bridgehead atoms. The van der Waals surface area contributed by atoms with Gasteiger partial charge in [-0.2, -0.15) is 0 Å². The molecule has 1 rings (SSSR count). The van der Waals surface area contributed by atoms with Crippen molar-refractivity contribution in [2.45, 2.75) is 46.0 Å². The summed E-state index contributed by atoms with van der Waals surface area (Å²) in [5, 5.41) is 0. The van der Waals surface area contributed by atoms with E-state index in [0.717, 1.165) is 0 Å². The van der Waals surface area contributed by atoms with E-state index in [0.29, 0.717) is 11.1 Å². The van der Waals surface area contributed by atoms with Crippen molar-refractivity contribution in [3.05, 3.63) is 34.9 Å². The van der Waals surface area contributed by atoms with Gasteiger partial charge in [0.2, 0.25) is 0 Å². The van der Waals surface area contributed by atoms with Crippen molar-refractivity contribution in [3.63, 3.8) is 0 Å². The molecule has 2 heteroatoms. The first-order valence-electron chi connectivity index (χ1n) is 5.23. The molecular weight excluding hydrogens is 194 g/mol. The van der Waals surface area contributed by atoms with Crippen LogP contribution in [0, 0.1) is 11.6 Å². The summed E-state index contributed by atoms with van der Waals surface area (Å²) in [6.07, 6.45) is 0. The summed E-state index contributed by atoms with van der Waals surface area (Å²) in [5.41, 5.74) is 0.519. The highest BCUT2D eigenvalue weighted by Crippen LogP contribution is 2.30. The average molecular weight is 212 g/mol. The summed E-state index contributed by atoms with van der Waals surface area (Å²) in [5.74, 6) is -1.39. The van der Waals surface area contributed by atoms with Crippen LogP contribution in [-0.2, 0) is 5.41 Å². The van der Waals surface area contributed by atoms with Gasteiger partial charge in [0.05, 0.1) is 0 Å². The van der Waals surface area contributed by atoms with Crippen molar-refractivity contribution in [1.82, 2.24) is 0 Å². The zero-order valence-electron chi connectivity index (χ0n) is 9.99. The lowest BCUT2D eigenvalue weighted by atomic mass is 9.85. The lowest BCUT2D eigenvalue weighted by Gasteiger charge is -2.21. The van der Waals surface area contributed by atoms with Gasteiger partial charge in [-0.15, -0.1) is 0 Å². The molecule has 0 saturated heterocycles. The van der Waals surface area contributed by atoms with Crippen LogP contribution in [0.3, 0.4) is 0 Å². The molecule has 0 saturated carbocycles. The normalized spacial score (nSPS) is 12.3. The van der Waals surface area contributed by atoms with Gasteiger partial charge < -0.3 is 0 Å². The molecule has 0 unspecified atom stereocenters. The van der Waals surface area contributed by atoms with Crippen molar-refractivity contribution in [3.8, 4) is 0 Å². The van der Waals surface area contributed by atoms with E-state index >= 15 is 0 Å². The zero-order chi connectivity index (χ0) is 11.8. The Balaban J connectivity index is 3.34. The van der Waals surface area contributed by atoms with Gasteiger partial charge in [0, 0.05) is 0 Å². The molecule has 0 nitrogen and oxygen atoms in total. The monoisotopic (exact) mass is 212 g/mol. The van der Waals surface area contributed by atoms with E-state index in [1.54, 1.807) is 12.1 Å². The van der Waals surface area contributed by atoms with Crippen molar-refractivity contribution in [2.75, 3.05) is 0 Å². The molecule has 0 radical (unpaired) electrons. The predicted octanol–water partition coefficient (Wildman–Crippen LogP) is 4.39. The van der Waals surface area contributed by atoms with Crippen LogP contribution in [-0.4, -0.2) is 0 Å². The molecule has 0 aliphatic carbocycles. The molecule has 15 heavy (non-hydrogen) atoms. The van der Waals surface area contributed by atoms with Crippen molar-refractivity contribution in [2.24, 2.45) is 0 Å². The van der Waals surface area contributed by atoms with Gasteiger partial charge in [-0.05, 0) is 22.5 Å². The third kappa shape index (κ3) is 2.36. The summed E-state index contributed by atoms with van der Waals surface area (Å²) in [6, 6.07) is 3.37. The predicted molar refractivity (Wildman–Crippen MR) is 59.1 cm³/mol. The highest BCUT2D eigenvalue weighted by Gasteiger charge is 2.23. The first kappa shape index (κ1) is 12.2. The van der Waals surface area contributed by atoms with E-state index in [1.165, 1.54) is 0 Å². The number of rotatable bonds is 1. The minimum absolute atomic E-state index is 0.00789. The van der Waals surface area contributed by atoms with Crippen molar-refractivity contribution in [1.29, 1.82) is 0 Å². The van der Waals surface area contributed by atoms with Gasteiger partial charge in [-0.3, -0.25) is 0 Å². The molecule has 0 heterocycles. The van der Waals surface area contributed by atoms with Crippen LogP contribution in [0.15, 0.2) is 12.1 Å². The summed E-state index contributed by atoms with van der Waals surface area (Å²) >= 11 is 0. The standard InChI is InChI=1S/C13H18F2/c1-8(2)9-6-7-10(13(3,4)5)12(15)11(9)14/h6-8H,1-5H3. The Hall–Kier alpha value is -0.920. The van der Waals surface area contributed by atoms with Gasteiger partial charge in [0.15, 0.2) is 11.6 Å². The maximum Gasteiger partial charge on any atom is 0.162 e. The molecule has 0 atom stereocenters. The molecule has 0 N–H and O–H groups in total. The van der Waals surface area contributed by atoms with E-state index in [1.807, 2.05) is 34.6 Å². The number of benzene rings is 1. The van der Waals surface area contributed by atoms with Crippen LogP contribution in [0.5, 0.6) is 0 Å². The third-order valence-electron chi connectivity index (χ3n) is 2.54. The maximum atomic E-state index is 13.7. The molecular formula is C13H18F2. The van der Waals surface area contributed by atoms with E-state index in [4.69, 9.17) is 0 Å². The second-order valence-electron chi connectivity index (χ2n) is 5.24. The van der Waals surface area contributed by atoms with Crippen LogP contribution in [0.4, 0.5) is 8.78 Å². The average Bonchev–Trinajstić information content (AvgIpc) is 2.06. The van der Waals surface area contributed by atoms with Crippen molar-refractivity contribution < 1.29 is 8.78 Å². The Morgan fingerprint density at radius 1 is 1.00 bits per heavy atom. The van der Waals surface area contributed by atoms with E-state index < -0.39 is 11.6 Å². The topological polar surface area (TPSA) is 0 Å². The second-order valence-corrected chi connectivity index (χ2v) is 5.24. The molecule has 1 aromatic rings. The summed E-state index contributed by atoms with van der Waals surface area (Å²) < 4.78 is 27.4. The summed E-state index contributed by atoms with van der Waals surface area (Å²) in [4.78, 5) is 0. The quantitative estimate of drug-likeness (QED) is 0.647. The molecule has 0 aliphatic rings. The first-order valence-corrected chi connectivity index (χ1v) is 5.23. The number of hydrogen-bond acceptors (Lipinski definition) is 0. The molecule has 0 aliphatic heterocycles. The molecule has 0 aromatic heterocycles. The lowest BCUT2D eigenvalue weighted by molar-refractivity contribution is 0.455. The van der Waals surface area contributed by atoms with E-state index in [9.17, 15) is 8.78 Å². The highest BCUT2D eigenvalue weighted by molar-refractivity contribution is 5.32. The fraction of sp³-hybridized carbons (Fsp3) is 0.538. The summed E-state index contributed by atoms with van der Waals surface area (Å²) in [6.45, 7) is 9.34. The fourth-order valence-electron chi connectivity index (χ4n) is 1.59. The Morgan fingerprint density at radius 2 is 1.53 bits per heavy atom. The minimum Gasteiger partial charge on any atom is -0.203 e. The van der Waals surface area contributed by atoms with Gasteiger partial charge in [-0.1, -0.05) is 46.8 Å². The molecule has 84 valence electrons. The van der Waals surface area contributed by atoms with E-state index in [2.05, 4.69) is 0 Å². The zero-order valence-corrected chi connectivity index (χ0v) is 9.99. The first-order chi connectivity index (χ1) is 6.75. The van der Waals surface area contributed by atoms with Crippen molar-refractivity contribution >= 4 is 0 Å². The molecule has 0 fully saturated rings. The Kier molecular flexibility index (Phi) is 3.17. The summed E-state index contributed by atoms with van der Waals surface area (Å²) in [7, 11) is 0. The number of hydrogen-bond donors (Lipinski definition) is 0. The van der Waals surface area contributed by atoms with Crippen LogP contribution < -0.4 is 0 Å². The maximum absolute atomic E-state index is 13.7. The van der Waals surface area contributed by atoms with Crippen LogP contribution >= 0.6 is 0 Å². The highest BCUT2D eigenvalue weighted by atomic mass is 19.2. The van der Waals surface area contributed by atoms with Gasteiger partial charge in [0.25, 0.3) is 0 Å². The lowest BCUT2D eigenvalue weighted by Crippen LogP contribution is -2.15. The Bertz CT molecular complexity index is 360. The van der Waals surface area contributed by atoms with Crippen LogP contribution in [0.25, 0.3) is 0 Å². The van der Waals surface area contributed by atoms with Gasteiger partial charge >= 0.3 is 0 Å². The second kappa shape index (κ2) is 3.92. The van der Waals surface area contributed by atoms with Crippen LogP contribution in [0.2, 0.25) is 0 Å². The van der Waals surface area contributed by atoms with Gasteiger partial charge in [0.1, 0.15) is 0 Å².